The Hall–Kier alpha value is -1.67. The first kappa shape index (κ1) is 13.4. The number of ether oxygens (including phenoxy) is 1. The standard InChI is InChI=1S/C12H12F3NO/c1-2-3-6-17-11-5-4-9(8-16)7-10(11)12(13,14)15/h1,4-5,7H,3,6,8,16H2. The van der Waals surface area contributed by atoms with Crippen LogP contribution in [0.2, 0.25) is 0 Å². The van der Waals surface area contributed by atoms with E-state index in [4.69, 9.17) is 16.9 Å². The maximum absolute atomic E-state index is 12.7. The molecule has 0 saturated carbocycles. The van der Waals surface area contributed by atoms with Crippen molar-refractivity contribution >= 4 is 0 Å². The first-order valence-electron chi connectivity index (χ1n) is 4.95. The van der Waals surface area contributed by atoms with Crippen molar-refractivity contribution in [2.45, 2.75) is 19.1 Å². The quantitative estimate of drug-likeness (QED) is 0.651. The van der Waals surface area contributed by atoms with Gasteiger partial charge in [-0.1, -0.05) is 6.07 Å². The number of halogens is 3. The van der Waals surface area contributed by atoms with E-state index in [9.17, 15) is 13.2 Å². The van der Waals surface area contributed by atoms with Crippen LogP contribution in [-0.4, -0.2) is 6.61 Å². The summed E-state index contributed by atoms with van der Waals surface area (Å²) in [7, 11) is 0. The molecule has 0 aliphatic carbocycles. The van der Waals surface area contributed by atoms with E-state index in [0.717, 1.165) is 6.07 Å². The van der Waals surface area contributed by atoms with Crippen LogP contribution >= 0.6 is 0 Å². The zero-order valence-electron chi connectivity index (χ0n) is 9.05. The molecule has 0 aliphatic rings. The highest BCUT2D eigenvalue weighted by molar-refractivity contribution is 5.39. The average Bonchev–Trinajstić information content (AvgIpc) is 2.28. The molecule has 0 fully saturated rings. The minimum absolute atomic E-state index is 0.0493. The Morgan fingerprint density at radius 2 is 2.06 bits per heavy atom. The van der Waals surface area contributed by atoms with Crippen LogP contribution in [0.3, 0.4) is 0 Å². The Bertz CT molecular complexity index is 421. The molecule has 1 aromatic carbocycles. The third-order valence-electron chi connectivity index (χ3n) is 2.09. The zero-order chi connectivity index (χ0) is 12.9. The highest BCUT2D eigenvalue weighted by Gasteiger charge is 2.34. The third-order valence-corrected chi connectivity index (χ3v) is 2.09. The molecule has 0 unspecified atom stereocenters. The van der Waals surface area contributed by atoms with Crippen LogP contribution in [0.25, 0.3) is 0 Å². The summed E-state index contributed by atoms with van der Waals surface area (Å²) in [6, 6.07) is 3.76. The second-order valence-electron chi connectivity index (χ2n) is 3.33. The van der Waals surface area contributed by atoms with Crippen LogP contribution in [0.4, 0.5) is 13.2 Å². The van der Waals surface area contributed by atoms with Crippen molar-refractivity contribution < 1.29 is 17.9 Å². The number of hydrogen-bond donors (Lipinski definition) is 1. The molecule has 0 atom stereocenters. The van der Waals surface area contributed by atoms with Crippen LogP contribution in [-0.2, 0) is 12.7 Å². The molecule has 17 heavy (non-hydrogen) atoms. The maximum atomic E-state index is 12.7. The fourth-order valence-electron chi connectivity index (χ4n) is 1.27. The van der Waals surface area contributed by atoms with Gasteiger partial charge in [-0.3, -0.25) is 0 Å². The number of benzene rings is 1. The van der Waals surface area contributed by atoms with E-state index in [1.54, 1.807) is 0 Å². The van der Waals surface area contributed by atoms with Gasteiger partial charge in [0.1, 0.15) is 5.75 Å². The normalized spacial score (nSPS) is 11.0. The van der Waals surface area contributed by atoms with E-state index >= 15 is 0 Å². The lowest BCUT2D eigenvalue weighted by Gasteiger charge is -2.14. The predicted molar refractivity (Wildman–Crippen MR) is 58.3 cm³/mol. The minimum Gasteiger partial charge on any atom is -0.492 e. The van der Waals surface area contributed by atoms with Crippen LogP contribution in [0, 0.1) is 12.3 Å². The molecular formula is C12H12F3NO. The van der Waals surface area contributed by atoms with Crippen molar-refractivity contribution in [3.8, 4) is 18.1 Å². The Balaban J connectivity index is 2.99. The number of terminal acetylenes is 1. The lowest BCUT2D eigenvalue weighted by molar-refractivity contribution is -0.139. The molecule has 2 N–H and O–H groups in total. The van der Waals surface area contributed by atoms with Crippen LogP contribution in [0.5, 0.6) is 5.75 Å². The average molecular weight is 243 g/mol. The van der Waals surface area contributed by atoms with E-state index in [0.29, 0.717) is 5.56 Å². The summed E-state index contributed by atoms with van der Waals surface area (Å²) in [5.41, 5.74) is 4.88. The Morgan fingerprint density at radius 3 is 2.59 bits per heavy atom. The topological polar surface area (TPSA) is 35.2 Å². The molecular weight excluding hydrogens is 231 g/mol. The fourth-order valence-corrected chi connectivity index (χ4v) is 1.27. The van der Waals surface area contributed by atoms with Gasteiger partial charge in [-0.25, -0.2) is 0 Å². The Labute approximate surface area is 97.6 Å². The number of hydrogen-bond acceptors (Lipinski definition) is 2. The second-order valence-corrected chi connectivity index (χ2v) is 3.33. The minimum atomic E-state index is -4.46. The van der Waals surface area contributed by atoms with Crippen molar-refractivity contribution in [2.75, 3.05) is 6.61 Å². The summed E-state index contributed by atoms with van der Waals surface area (Å²) < 4.78 is 43.1. The van der Waals surface area contributed by atoms with Gasteiger partial charge in [0.15, 0.2) is 0 Å². The molecule has 1 aromatic rings. The van der Waals surface area contributed by atoms with Crippen LogP contribution in [0.15, 0.2) is 18.2 Å². The molecule has 2 nitrogen and oxygen atoms in total. The van der Waals surface area contributed by atoms with Crippen molar-refractivity contribution in [1.29, 1.82) is 0 Å². The van der Waals surface area contributed by atoms with Gasteiger partial charge < -0.3 is 10.5 Å². The number of alkyl halides is 3. The summed E-state index contributed by atoms with van der Waals surface area (Å²) >= 11 is 0. The van der Waals surface area contributed by atoms with Gasteiger partial charge in [0.05, 0.1) is 12.2 Å². The predicted octanol–water partition coefficient (Wildman–Crippen LogP) is 2.57. The summed E-state index contributed by atoms with van der Waals surface area (Å²) in [5, 5.41) is 0. The molecule has 0 spiro atoms. The van der Waals surface area contributed by atoms with Crippen LogP contribution < -0.4 is 10.5 Å². The molecule has 0 bridgehead atoms. The molecule has 0 heterocycles. The number of nitrogens with two attached hydrogens (primary N) is 1. The van der Waals surface area contributed by atoms with E-state index in [2.05, 4.69) is 5.92 Å². The lowest BCUT2D eigenvalue weighted by atomic mass is 10.1. The summed E-state index contributed by atoms with van der Waals surface area (Å²) in [5.74, 6) is 2.07. The molecule has 0 radical (unpaired) electrons. The fraction of sp³-hybridized carbons (Fsp3) is 0.333. The molecule has 0 aliphatic heterocycles. The highest BCUT2D eigenvalue weighted by atomic mass is 19.4. The van der Waals surface area contributed by atoms with Crippen molar-refractivity contribution in [1.82, 2.24) is 0 Å². The van der Waals surface area contributed by atoms with Crippen molar-refractivity contribution in [3.63, 3.8) is 0 Å². The molecule has 92 valence electrons. The highest BCUT2D eigenvalue weighted by Crippen LogP contribution is 2.36. The molecule has 0 saturated heterocycles. The molecule has 1 rings (SSSR count). The van der Waals surface area contributed by atoms with Crippen molar-refractivity contribution in [3.05, 3.63) is 29.3 Å². The van der Waals surface area contributed by atoms with Gasteiger partial charge in [-0.05, 0) is 17.7 Å². The van der Waals surface area contributed by atoms with E-state index in [-0.39, 0.29) is 25.3 Å². The lowest BCUT2D eigenvalue weighted by Crippen LogP contribution is -2.11. The van der Waals surface area contributed by atoms with Gasteiger partial charge in [0.25, 0.3) is 0 Å². The SMILES string of the molecule is C#CCCOc1ccc(CN)cc1C(F)(F)F. The largest absolute Gasteiger partial charge is 0.492 e. The summed E-state index contributed by atoms with van der Waals surface area (Å²) in [6.07, 6.45) is 0.792. The monoisotopic (exact) mass is 243 g/mol. The Morgan fingerprint density at radius 1 is 1.35 bits per heavy atom. The van der Waals surface area contributed by atoms with Crippen LogP contribution in [0.1, 0.15) is 17.5 Å². The van der Waals surface area contributed by atoms with Gasteiger partial charge in [0.2, 0.25) is 0 Å². The maximum Gasteiger partial charge on any atom is 0.419 e. The summed E-state index contributed by atoms with van der Waals surface area (Å²) in [6.45, 7) is 0.106. The number of rotatable bonds is 4. The van der Waals surface area contributed by atoms with Gasteiger partial charge in [0, 0.05) is 13.0 Å². The van der Waals surface area contributed by atoms with E-state index < -0.39 is 11.7 Å². The van der Waals surface area contributed by atoms with E-state index in [1.807, 2.05) is 0 Å². The zero-order valence-corrected chi connectivity index (χ0v) is 9.05. The summed E-state index contributed by atoms with van der Waals surface area (Å²) in [4.78, 5) is 0. The Kier molecular flexibility index (Phi) is 4.41. The molecule has 0 amide bonds. The van der Waals surface area contributed by atoms with E-state index in [1.165, 1.54) is 12.1 Å². The van der Waals surface area contributed by atoms with Gasteiger partial charge in [-0.15, -0.1) is 12.3 Å². The molecule has 5 heteroatoms. The first-order chi connectivity index (χ1) is 7.99. The van der Waals surface area contributed by atoms with Gasteiger partial charge in [-0.2, -0.15) is 13.2 Å². The van der Waals surface area contributed by atoms with Crippen molar-refractivity contribution in [2.24, 2.45) is 5.73 Å². The first-order valence-corrected chi connectivity index (χ1v) is 4.95. The third kappa shape index (κ3) is 3.68. The second kappa shape index (κ2) is 5.60. The van der Waals surface area contributed by atoms with Gasteiger partial charge >= 0.3 is 6.18 Å². The smallest absolute Gasteiger partial charge is 0.419 e. The molecule has 0 aromatic heterocycles.